The highest BCUT2D eigenvalue weighted by Gasteiger charge is 2.15. The third-order valence-corrected chi connectivity index (χ3v) is 3.66. The van der Waals surface area contributed by atoms with Crippen LogP contribution in [0.15, 0.2) is 24.3 Å². The molecule has 2 N–H and O–H groups in total. The molecule has 0 fully saturated rings. The van der Waals surface area contributed by atoms with E-state index in [-0.39, 0.29) is 11.9 Å². The number of ether oxygens (including phenoxy) is 1. The molecule has 1 aromatic carbocycles. The molecule has 0 spiro atoms. The molecule has 0 saturated heterocycles. The van der Waals surface area contributed by atoms with Crippen molar-refractivity contribution >= 4 is 17.5 Å². The van der Waals surface area contributed by atoms with Crippen molar-refractivity contribution in [1.29, 1.82) is 0 Å². The lowest BCUT2D eigenvalue weighted by Gasteiger charge is -2.20. The van der Waals surface area contributed by atoms with E-state index in [1.54, 1.807) is 7.11 Å². The largest absolute Gasteiger partial charge is 0.383 e. The molecule has 0 bridgehead atoms. The summed E-state index contributed by atoms with van der Waals surface area (Å²) in [7, 11) is 1.64. The Morgan fingerprint density at radius 3 is 2.50 bits per heavy atom. The second-order valence-corrected chi connectivity index (χ2v) is 6.25. The van der Waals surface area contributed by atoms with Gasteiger partial charge in [0.1, 0.15) is 0 Å². The predicted octanol–water partition coefficient (Wildman–Crippen LogP) is 3.17. The highest BCUT2D eigenvalue weighted by molar-refractivity contribution is 6.30. The molecule has 22 heavy (non-hydrogen) atoms. The third kappa shape index (κ3) is 7.78. The van der Waals surface area contributed by atoms with Gasteiger partial charge in [-0.15, -0.1) is 0 Å². The maximum Gasteiger partial charge on any atom is 0.234 e. The number of nitrogens with one attached hydrogen (secondary N) is 2. The summed E-state index contributed by atoms with van der Waals surface area (Å²) >= 11 is 5.94. The summed E-state index contributed by atoms with van der Waals surface area (Å²) in [5.41, 5.74) is 1.09. The smallest absolute Gasteiger partial charge is 0.234 e. The van der Waals surface area contributed by atoms with Gasteiger partial charge in [0.2, 0.25) is 5.91 Å². The van der Waals surface area contributed by atoms with E-state index in [0.29, 0.717) is 30.6 Å². The maximum atomic E-state index is 12.1. The fourth-order valence-corrected chi connectivity index (χ4v) is 2.26. The molecule has 1 rings (SSSR count). The Labute approximate surface area is 138 Å². The summed E-state index contributed by atoms with van der Waals surface area (Å²) < 4.78 is 4.94. The van der Waals surface area contributed by atoms with Crippen LogP contribution in [0.2, 0.25) is 5.02 Å². The molecule has 5 heteroatoms. The van der Waals surface area contributed by atoms with Gasteiger partial charge in [-0.1, -0.05) is 37.6 Å². The van der Waals surface area contributed by atoms with Gasteiger partial charge in [0, 0.05) is 18.7 Å². The van der Waals surface area contributed by atoms with Crippen LogP contribution in [0, 0.1) is 5.92 Å². The Bertz CT molecular complexity index is 435. The Kier molecular flexibility index (Phi) is 9.13. The molecule has 0 radical (unpaired) electrons. The highest BCUT2D eigenvalue weighted by Crippen LogP contribution is 2.22. The van der Waals surface area contributed by atoms with Crippen molar-refractivity contribution in [3.05, 3.63) is 34.9 Å². The summed E-state index contributed by atoms with van der Waals surface area (Å²) in [5.74, 6) is 0.603. The first-order chi connectivity index (χ1) is 10.5. The fourth-order valence-electron chi connectivity index (χ4n) is 2.14. The number of carbonyl (C=O) groups excluding carboxylic acids is 1. The summed E-state index contributed by atoms with van der Waals surface area (Å²) in [4.78, 5) is 12.1. The lowest BCUT2D eigenvalue weighted by Crippen LogP contribution is -2.37. The minimum atomic E-state index is -0.000177. The molecule has 0 aromatic heterocycles. The van der Waals surface area contributed by atoms with Crippen LogP contribution in [0.3, 0.4) is 0 Å². The van der Waals surface area contributed by atoms with Crippen LogP contribution >= 0.6 is 11.6 Å². The van der Waals surface area contributed by atoms with E-state index < -0.39 is 0 Å². The average molecular weight is 327 g/mol. The van der Waals surface area contributed by atoms with Crippen molar-refractivity contribution < 1.29 is 9.53 Å². The van der Waals surface area contributed by atoms with E-state index in [1.165, 1.54) is 0 Å². The first kappa shape index (κ1) is 18.9. The first-order valence-electron chi connectivity index (χ1n) is 7.77. The number of hydrogen-bond acceptors (Lipinski definition) is 3. The second kappa shape index (κ2) is 10.6. The van der Waals surface area contributed by atoms with Crippen molar-refractivity contribution in [2.45, 2.75) is 32.7 Å². The van der Waals surface area contributed by atoms with Crippen molar-refractivity contribution in [3.63, 3.8) is 0 Å². The molecule has 0 aliphatic rings. The Hall–Kier alpha value is -1.10. The van der Waals surface area contributed by atoms with Gasteiger partial charge in [-0.05, 0) is 36.5 Å². The van der Waals surface area contributed by atoms with E-state index in [4.69, 9.17) is 16.3 Å². The zero-order valence-electron chi connectivity index (χ0n) is 13.7. The normalized spacial score (nSPS) is 12.4. The topological polar surface area (TPSA) is 50.4 Å². The molecule has 1 unspecified atom stereocenters. The number of carbonyl (C=O) groups is 1. The van der Waals surface area contributed by atoms with Gasteiger partial charge in [-0.2, -0.15) is 0 Å². The van der Waals surface area contributed by atoms with Gasteiger partial charge < -0.3 is 15.4 Å². The molecule has 124 valence electrons. The fraction of sp³-hybridized carbons (Fsp3) is 0.588. The van der Waals surface area contributed by atoms with Gasteiger partial charge in [0.05, 0.1) is 19.2 Å². The minimum Gasteiger partial charge on any atom is -0.383 e. The van der Waals surface area contributed by atoms with E-state index in [1.807, 2.05) is 24.3 Å². The average Bonchev–Trinajstić information content (AvgIpc) is 2.49. The summed E-state index contributed by atoms with van der Waals surface area (Å²) in [6.07, 6.45) is 1.98. The summed E-state index contributed by atoms with van der Waals surface area (Å²) in [5, 5.41) is 6.87. The number of rotatable bonds is 10. The Balaban J connectivity index is 2.57. The lowest BCUT2D eigenvalue weighted by molar-refractivity contribution is -0.121. The van der Waals surface area contributed by atoms with Gasteiger partial charge in [0.25, 0.3) is 0 Å². The molecule has 1 aromatic rings. The molecule has 0 aliphatic heterocycles. The lowest BCUT2D eigenvalue weighted by atomic mass is 9.97. The van der Waals surface area contributed by atoms with Crippen molar-refractivity contribution in [1.82, 2.24) is 10.6 Å². The van der Waals surface area contributed by atoms with Crippen molar-refractivity contribution in [3.8, 4) is 0 Å². The molecule has 0 heterocycles. The SMILES string of the molecule is COCCNCC(=O)NC(CCC(C)C)c1ccc(Cl)cc1. The monoisotopic (exact) mass is 326 g/mol. The standard InChI is InChI=1S/C17H27ClN2O2/c1-13(2)4-9-16(14-5-7-15(18)8-6-14)20-17(21)12-19-10-11-22-3/h5-8,13,16,19H,4,9-12H2,1-3H3,(H,20,21). The first-order valence-corrected chi connectivity index (χ1v) is 8.15. The number of methoxy groups -OCH3 is 1. The molecular formula is C17H27ClN2O2. The number of hydrogen-bond donors (Lipinski definition) is 2. The quantitative estimate of drug-likeness (QED) is 0.649. The molecule has 1 amide bonds. The van der Waals surface area contributed by atoms with Crippen LogP contribution in [-0.4, -0.2) is 32.7 Å². The van der Waals surface area contributed by atoms with Gasteiger partial charge >= 0.3 is 0 Å². The van der Waals surface area contributed by atoms with Crippen LogP contribution in [0.1, 0.15) is 38.3 Å². The van der Waals surface area contributed by atoms with Crippen LogP contribution in [0.25, 0.3) is 0 Å². The zero-order chi connectivity index (χ0) is 16.4. The molecule has 0 saturated carbocycles. The molecule has 1 atom stereocenters. The minimum absolute atomic E-state index is 0.000177. The van der Waals surface area contributed by atoms with E-state index in [9.17, 15) is 4.79 Å². The van der Waals surface area contributed by atoms with Crippen LogP contribution in [-0.2, 0) is 9.53 Å². The van der Waals surface area contributed by atoms with Gasteiger partial charge in [0.15, 0.2) is 0 Å². The van der Waals surface area contributed by atoms with Crippen molar-refractivity contribution in [2.24, 2.45) is 5.92 Å². The van der Waals surface area contributed by atoms with E-state index >= 15 is 0 Å². The third-order valence-electron chi connectivity index (χ3n) is 3.41. The van der Waals surface area contributed by atoms with Crippen LogP contribution in [0.5, 0.6) is 0 Å². The highest BCUT2D eigenvalue weighted by atomic mass is 35.5. The Morgan fingerprint density at radius 2 is 1.91 bits per heavy atom. The van der Waals surface area contributed by atoms with Gasteiger partial charge in [-0.3, -0.25) is 4.79 Å². The van der Waals surface area contributed by atoms with Crippen LogP contribution < -0.4 is 10.6 Å². The number of amides is 1. The zero-order valence-corrected chi connectivity index (χ0v) is 14.5. The number of halogens is 1. The maximum absolute atomic E-state index is 12.1. The Morgan fingerprint density at radius 1 is 1.23 bits per heavy atom. The van der Waals surface area contributed by atoms with Gasteiger partial charge in [-0.25, -0.2) is 0 Å². The molecular weight excluding hydrogens is 300 g/mol. The van der Waals surface area contributed by atoms with E-state index in [2.05, 4.69) is 24.5 Å². The van der Waals surface area contributed by atoms with Crippen molar-refractivity contribution in [2.75, 3.05) is 26.8 Å². The van der Waals surface area contributed by atoms with Crippen LogP contribution in [0.4, 0.5) is 0 Å². The predicted molar refractivity (Wildman–Crippen MR) is 91.2 cm³/mol. The summed E-state index contributed by atoms with van der Waals surface area (Å²) in [6, 6.07) is 7.71. The van der Waals surface area contributed by atoms with E-state index in [0.717, 1.165) is 18.4 Å². The summed E-state index contributed by atoms with van der Waals surface area (Å²) in [6.45, 7) is 5.94. The second-order valence-electron chi connectivity index (χ2n) is 5.81. The molecule has 4 nitrogen and oxygen atoms in total. The number of benzene rings is 1. The molecule has 0 aliphatic carbocycles.